The molecule has 0 radical (unpaired) electrons. The lowest BCUT2D eigenvalue weighted by Crippen LogP contribution is -2.11. The van der Waals surface area contributed by atoms with Gasteiger partial charge in [0.05, 0.1) is 16.1 Å². The van der Waals surface area contributed by atoms with Crippen molar-refractivity contribution >= 4 is 33.9 Å². The Morgan fingerprint density at radius 2 is 2.15 bits per heavy atom. The molecule has 104 valence electrons. The zero-order valence-corrected chi connectivity index (χ0v) is 11.0. The Hall–Kier alpha value is -2.68. The van der Waals surface area contributed by atoms with Gasteiger partial charge in [-0.05, 0) is 18.6 Å². The van der Waals surface area contributed by atoms with E-state index in [4.69, 9.17) is 5.11 Å². The number of aromatic amines is 1. The highest BCUT2D eigenvalue weighted by atomic mass is 32.1. The number of amides is 1. The molecule has 9 heteroatoms. The topological polar surface area (TPSA) is 125 Å². The van der Waals surface area contributed by atoms with Crippen LogP contribution in [0.25, 0.3) is 0 Å². The van der Waals surface area contributed by atoms with Crippen LogP contribution in [0.1, 0.15) is 25.7 Å². The standard InChI is InChI=1S/C11H9N3O5S/c1-5-2-8(20-9(5)11(16)17)13-10(15)7-3-6(4-12-7)14(18)19/h2-4,12H,1H3,(H,13,15)(H,16,17). The van der Waals surface area contributed by atoms with Crippen molar-refractivity contribution in [3.63, 3.8) is 0 Å². The number of thiophene rings is 1. The summed E-state index contributed by atoms with van der Waals surface area (Å²) in [5.41, 5.74) is 0.346. The fourth-order valence-electron chi connectivity index (χ4n) is 1.55. The summed E-state index contributed by atoms with van der Waals surface area (Å²) in [4.78, 5) is 35.2. The molecule has 0 aliphatic heterocycles. The van der Waals surface area contributed by atoms with Crippen molar-refractivity contribution in [3.05, 3.63) is 44.6 Å². The number of rotatable bonds is 4. The van der Waals surface area contributed by atoms with Crippen LogP contribution < -0.4 is 5.32 Å². The number of hydrogen-bond donors (Lipinski definition) is 3. The third-order valence-corrected chi connectivity index (χ3v) is 3.61. The molecular weight excluding hydrogens is 286 g/mol. The first-order valence-corrected chi connectivity index (χ1v) is 6.18. The molecule has 2 heterocycles. The second kappa shape index (κ2) is 5.13. The molecule has 1 amide bonds. The number of aromatic carboxylic acids is 1. The molecular formula is C11H9N3O5S. The van der Waals surface area contributed by atoms with Crippen LogP contribution >= 0.6 is 11.3 Å². The summed E-state index contributed by atoms with van der Waals surface area (Å²) in [5.74, 6) is -1.64. The summed E-state index contributed by atoms with van der Waals surface area (Å²) in [6, 6.07) is 2.64. The Bertz CT molecular complexity index is 703. The van der Waals surface area contributed by atoms with Crippen molar-refractivity contribution in [1.29, 1.82) is 0 Å². The Labute approximate surface area is 116 Å². The van der Waals surface area contributed by atoms with E-state index in [9.17, 15) is 19.7 Å². The minimum absolute atomic E-state index is 0.0274. The maximum Gasteiger partial charge on any atom is 0.346 e. The lowest BCUT2D eigenvalue weighted by atomic mass is 10.3. The molecule has 3 N–H and O–H groups in total. The van der Waals surface area contributed by atoms with Gasteiger partial charge in [0.25, 0.3) is 11.6 Å². The van der Waals surface area contributed by atoms with Gasteiger partial charge in [-0.3, -0.25) is 14.9 Å². The normalized spacial score (nSPS) is 10.2. The number of hydrogen-bond acceptors (Lipinski definition) is 5. The van der Waals surface area contributed by atoms with E-state index < -0.39 is 16.8 Å². The number of nitrogens with zero attached hydrogens (tertiary/aromatic N) is 1. The number of carboxylic acids is 1. The molecule has 0 saturated carbocycles. The zero-order valence-electron chi connectivity index (χ0n) is 10.2. The van der Waals surface area contributed by atoms with Gasteiger partial charge < -0.3 is 15.4 Å². The SMILES string of the molecule is Cc1cc(NC(=O)c2cc([N+](=O)[O-])c[nH]2)sc1C(=O)O. The minimum Gasteiger partial charge on any atom is -0.477 e. The van der Waals surface area contributed by atoms with Gasteiger partial charge in [0.15, 0.2) is 0 Å². The van der Waals surface area contributed by atoms with Gasteiger partial charge in [-0.25, -0.2) is 4.79 Å². The van der Waals surface area contributed by atoms with Crippen LogP contribution in [-0.2, 0) is 0 Å². The zero-order chi connectivity index (χ0) is 14.9. The van der Waals surface area contributed by atoms with E-state index in [1.54, 1.807) is 6.92 Å². The number of anilines is 1. The van der Waals surface area contributed by atoms with E-state index in [-0.39, 0.29) is 16.3 Å². The third kappa shape index (κ3) is 2.67. The lowest BCUT2D eigenvalue weighted by Gasteiger charge is -1.98. The summed E-state index contributed by atoms with van der Waals surface area (Å²) < 4.78 is 0. The second-order valence-electron chi connectivity index (χ2n) is 3.91. The first-order chi connectivity index (χ1) is 9.38. The van der Waals surface area contributed by atoms with Crippen molar-refractivity contribution in [1.82, 2.24) is 4.98 Å². The van der Waals surface area contributed by atoms with E-state index in [0.717, 1.165) is 23.6 Å². The lowest BCUT2D eigenvalue weighted by molar-refractivity contribution is -0.384. The highest BCUT2D eigenvalue weighted by Crippen LogP contribution is 2.27. The number of aromatic nitrogens is 1. The van der Waals surface area contributed by atoms with Crippen LogP contribution in [0.5, 0.6) is 0 Å². The Morgan fingerprint density at radius 3 is 2.65 bits per heavy atom. The molecule has 2 aromatic heterocycles. The summed E-state index contributed by atoms with van der Waals surface area (Å²) in [6.07, 6.45) is 1.11. The molecule has 0 atom stereocenters. The van der Waals surface area contributed by atoms with E-state index in [2.05, 4.69) is 10.3 Å². The summed E-state index contributed by atoms with van der Waals surface area (Å²) in [6.45, 7) is 1.62. The fraction of sp³-hybridized carbons (Fsp3) is 0.0909. The van der Waals surface area contributed by atoms with Crippen LogP contribution in [0.15, 0.2) is 18.3 Å². The number of carbonyl (C=O) groups excluding carboxylic acids is 1. The van der Waals surface area contributed by atoms with E-state index in [1.165, 1.54) is 6.07 Å². The quantitative estimate of drug-likeness (QED) is 0.589. The van der Waals surface area contributed by atoms with Crippen LogP contribution in [0.2, 0.25) is 0 Å². The van der Waals surface area contributed by atoms with Gasteiger partial charge in [-0.1, -0.05) is 0 Å². The number of nitrogens with one attached hydrogen (secondary N) is 2. The maximum atomic E-state index is 11.8. The molecule has 0 unspecified atom stereocenters. The van der Waals surface area contributed by atoms with Gasteiger partial charge in [0.1, 0.15) is 10.6 Å². The summed E-state index contributed by atoms with van der Waals surface area (Å²) in [5, 5.41) is 22.3. The smallest absolute Gasteiger partial charge is 0.346 e. The molecule has 0 bridgehead atoms. The molecule has 0 fully saturated rings. The Balaban J connectivity index is 2.16. The second-order valence-corrected chi connectivity index (χ2v) is 4.96. The minimum atomic E-state index is -1.07. The molecule has 0 aromatic carbocycles. The number of carboxylic acid groups (broad SMARTS) is 1. The van der Waals surface area contributed by atoms with Crippen molar-refractivity contribution in [2.45, 2.75) is 6.92 Å². The molecule has 0 aliphatic rings. The predicted molar refractivity (Wildman–Crippen MR) is 71.4 cm³/mol. The largest absolute Gasteiger partial charge is 0.477 e. The summed E-state index contributed by atoms with van der Waals surface area (Å²) in [7, 11) is 0. The van der Waals surface area contributed by atoms with E-state index in [1.807, 2.05) is 0 Å². The van der Waals surface area contributed by atoms with E-state index >= 15 is 0 Å². The highest BCUT2D eigenvalue weighted by molar-refractivity contribution is 7.18. The Morgan fingerprint density at radius 1 is 1.45 bits per heavy atom. The number of aryl methyl sites for hydroxylation is 1. The van der Waals surface area contributed by atoms with Crippen molar-refractivity contribution in [3.8, 4) is 0 Å². The number of nitro groups is 1. The molecule has 2 rings (SSSR count). The predicted octanol–water partition coefficient (Wildman–Crippen LogP) is 2.24. The first-order valence-electron chi connectivity index (χ1n) is 5.36. The van der Waals surface area contributed by atoms with Gasteiger partial charge in [-0.15, -0.1) is 11.3 Å². The molecule has 0 saturated heterocycles. The van der Waals surface area contributed by atoms with Gasteiger partial charge >= 0.3 is 5.97 Å². The van der Waals surface area contributed by atoms with Crippen molar-refractivity contribution < 1.29 is 19.6 Å². The van der Waals surface area contributed by atoms with Gasteiger partial charge in [-0.2, -0.15) is 0 Å². The van der Waals surface area contributed by atoms with Crippen LogP contribution in [0.3, 0.4) is 0 Å². The maximum absolute atomic E-state index is 11.8. The first kappa shape index (κ1) is 13.7. The molecule has 2 aromatic rings. The van der Waals surface area contributed by atoms with Crippen LogP contribution in [0, 0.1) is 17.0 Å². The fourth-order valence-corrected chi connectivity index (χ4v) is 2.46. The molecule has 20 heavy (non-hydrogen) atoms. The summed E-state index contributed by atoms with van der Waals surface area (Å²) >= 11 is 0.924. The Kier molecular flexibility index (Phi) is 3.53. The average molecular weight is 295 g/mol. The number of H-pyrrole nitrogens is 1. The number of carbonyl (C=O) groups is 2. The average Bonchev–Trinajstić information content (AvgIpc) is 2.95. The third-order valence-electron chi connectivity index (χ3n) is 2.47. The van der Waals surface area contributed by atoms with Crippen LogP contribution in [0.4, 0.5) is 10.7 Å². The molecule has 0 spiro atoms. The highest BCUT2D eigenvalue weighted by Gasteiger charge is 2.17. The van der Waals surface area contributed by atoms with Crippen LogP contribution in [-0.4, -0.2) is 26.9 Å². The van der Waals surface area contributed by atoms with Gasteiger partial charge in [0, 0.05) is 6.07 Å². The molecule has 0 aliphatic carbocycles. The van der Waals surface area contributed by atoms with Crippen molar-refractivity contribution in [2.75, 3.05) is 5.32 Å². The molecule has 8 nitrogen and oxygen atoms in total. The van der Waals surface area contributed by atoms with E-state index in [0.29, 0.717) is 10.6 Å². The van der Waals surface area contributed by atoms with Crippen molar-refractivity contribution in [2.24, 2.45) is 0 Å². The van der Waals surface area contributed by atoms with Gasteiger partial charge in [0.2, 0.25) is 0 Å². The monoisotopic (exact) mass is 295 g/mol.